The van der Waals surface area contributed by atoms with Gasteiger partial charge in [-0.05, 0) is 49.6 Å². The van der Waals surface area contributed by atoms with Gasteiger partial charge in [0.15, 0.2) is 0 Å². The van der Waals surface area contributed by atoms with Gasteiger partial charge in [-0.3, -0.25) is 9.59 Å². The Morgan fingerprint density at radius 3 is 2.62 bits per heavy atom. The number of rotatable bonds is 9. The quantitative estimate of drug-likeness (QED) is 0.718. The van der Waals surface area contributed by atoms with Crippen LogP contribution in [0.25, 0.3) is 0 Å². The highest BCUT2D eigenvalue weighted by atomic mass is 16.4. The Morgan fingerprint density at radius 2 is 2.00 bits per heavy atom. The van der Waals surface area contributed by atoms with Crippen LogP contribution >= 0.6 is 0 Å². The Kier molecular flexibility index (Phi) is 7.14. The molecular weight excluding hydrogens is 330 g/mol. The van der Waals surface area contributed by atoms with Crippen molar-refractivity contribution in [3.63, 3.8) is 0 Å². The van der Waals surface area contributed by atoms with Gasteiger partial charge in [-0.1, -0.05) is 19.1 Å². The molecule has 0 saturated carbocycles. The molecule has 1 aromatic heterocycles. The number of aromatic nitrogens is 1. The van der Waals surface area contributed by atoms with Crippen molar-refractivity contribution in [2.75, 3.05) is 23.3 Å². The summed E-state index contributed by atoms with van der Waals surface area (Å²) in [5, 5.41) is 11.6. The van der Waals surface area contributed by atoms with Crippen LogP contribution in [0.5, 0.6) is 0 Å². The normalized spacial score (nSPS) is 10.4. The highest BCUT2D eigenvalue weighted by Crippen LogP contribution is 2.15. The molecule has 0 spiro atoms. The number of carboxylic acids is 1. The van der Waals surface area contributed by atoms with Crippen molar-refractivity contribution in [3.8, 4) is 0 Å². The van der Waals surface area contributed by atoms with Gasteiger partial charge in [0.2, 0.25) is 0 Å². The Morgan fingerprint density at radius 1 is 1.19 bits per heavy atom. The van der Waals surface area contributed by atoms with Gasteiger partial charge in [-0.25, -0.2) is 4.98 Å². The first-order valence-electron chi connectivity index (χ1n) is 8.86. The van der Waals surface area contributed by atoms with E-state index >= 15 is 0 Å². The highest BCUT2D eigenvalue weighted by molar-refractivity contribution is 6.04. The molecule has 2 aromatic rings. The second-order valence-corrected chi connectivity index (χ2v) is 6.03. The third-order valence-corrected chi connectivity index (χ3v) is 4.02. The van der Waals surface area contributed by atoms with E-state index in [1.165, 1.54) is 0 Å². The average Bonchev–Trinajstić information content (AvgIpc) is 2.65. The minimum atomic E-state index is -0.838. The largest absolute Gasteiger partial charge is 0.481 e. The molecule has 1 heterocycles. The van der Waals surface area contributed by atoms with Crippen molar-refractivity contribution < 1.29 is 14.7 Å². The van der Waals surface area contributed by atoms with Crippen LogP contribution in [0.3, 0.4) is 0 Å². The molecule has 0 bridgehead atoms. The molecule has 6 heteroatoms. The van der Waals surface area contributed by atoms with E-state index in [2.05, 4.69) is 29.0 Å². The summed E-state index contributed by atoms with van der Waals surface area (Å²) in [4.78, 5) is 29.6. The fourth-order valence-electron chi connectivity index (χ4n) is 2.67. The number of benzene rings is 1. The maximum atomic E-state index is 12.4. The van der Waals surface area contributed by atoms with Crippen molar-refractivity contribution in [2.24, 2.45) is 0 Å². The van der Waals surface area contributed by atoms with Crippen LogP contribution in [0.4, 0.5) is 11.5 Å². The highest BCUT2D eigenvalue weighted by Gasteiger charge is 2.10. The number of pyridine rings is 1. The van der Waals surface area contributed by atoms with E-state index in [1.54, 1.807) is 30.5 Å². The van der Waals surface area contributed by atoms with Crippen molar-refractivity contribution in [2.45, 2.75) is 33.1 Å². The van der Waals surface area contributed by atoms with Crippen LogP contribution in [0.2, 0.25) is 0 Å². The lowest BCUT2D eigenvalue weighted by molar-refractivity contribution is -0.136. The summed E-state index contributed by atoms with van der Waals surface area (Å²) in [5.74, 6) is -0.214. The van der Waals surface area contributed by atoms with Gasteiger partial charge in [0.1, 0.15) is 5.82 Å². The number of amides is 1. The van der Waals surface area contributed by atoms with Gasteiger partial charge in [-0.15, -0.1) is 0 Å². The maximum absolute atomic E-state index is 12.4. The van der Waals surface area contributed by atoms with E-state index in [0.29, 0.717) is 17.7 Å². The lowest BCUT2D eigenvalue weighted by Crippen LogP contribution is -2.24. The first-order valence-corrected chi connectivity index (χ1v) is 8.86. The lowest BCUT2D eigenvalue weighted by atomic mass is 10.1. The third kappa shape index (κ3) is 5.58. The van der Waals surface area contributed by atoms with Crippen LogP contribution in [-0.4, -0.2) is 35.1 Å². The molecule has 0 saturated heterocycles. The van der Waals surface area contributed by atoms with E-state index in [0.717, 1.165) is 30.9 Å². The van der Waals surface area contributed by atoms with E-state index in [9.17, 15) is 9.59 Å². The summed E-state index contributed by atoms with van der Waals surface area (Å²) in [5.41, 5.74) is 2.00. The standard InChI is InChI=1S/C20H25N3O3/c1-3-12-23(4-2)18-10-9-16(14-21-18)20(26)22-17-7-5-6-15(13-17)8-11-19(24)25/h5-7,9-10,13-14H,3-4,8,11-12H2,1-2H3,(H,22,26)(H,24,25). The predicted octanol–water partition coefficient (Wildman–Crippen LogP) is 3.59. The number of carbonyl (C=O) groups excluding carboxylic acids is 1. The molecule has 0 aliphatic carbocycles. The van der Waals surface area contributed by atoms with Gasteiger partial charge in [0, 0.05) is 31.4 Å². The molecule has 0 fully saturated rings. The molecule has 0 aliphatic rings. The van der Waals surface area contributed by atoms with Crippen LogP contribution in [0, 0.1) is 0 Å². The molecule has 0 unspecified atom stereocenters. The molecule has 138 valence electrons. The molecule has 26 heavy (non-hydrogen) atoms. The predicted molar refractivity (Wildman–Crippen MR) is 103 cm³/mol. The monoisotopic (exact) mass is 355 g/mol. The summed E-state index contributed by atoms with van der Waals surface area (Å²) in [6.45, 7) is 6.00. The van der Waals surface area contributed by atoms with Gasteiger partial charge in [0.25, 0.3) is 5.91 Å². The van der Waals surface area contributed by atoms with E-state index in [4.69, 9.17) is 5.11 Å². The van der Waals surface area contributed by atoms with Crippen LogP contribution in [0.15, 0.2) is 42.6 Å². The van der Waals surface area contributed by atoms with E-state index in [-0.39, 0.29) is 12.3 Å². The van der Waals surface area contributed by atoms with Crippen molar-refractivity contribution in [1.29, 1.82) is 0 Å². The van der Waals surface area contributed by atoms with E-state index in [1.807, 2.05) is 12.1 Å². The van der Waals surface area contributed by atoms with Crippen molar-refractivity contribution in [3.05, 3.63) is 53.7 Å². The first kappa shape index (κ1) is 19.4. The molecule has 2 rings (SSSR count). The zero-order valence-electron chi connectivity index (χ0n) is 15.2. The Labute approximate surface area is 153 Å². The van der Waals surface area contributed by atoms with Gasteiger partial charge in [-0.2, -0.15) is 0 Å². The Balaban J connectivity index is 2.03. The van der Waals surface area contributed by atoms with Crippen LogP contribution < -0.4 is 10.2 Å². The minimum Gasteiger partial charge on any atom is -0.481 e. The molecule has 1 aromatic carbocycles. The number of carbonyl (C=O) groups is 2. The topological polar surface area (TPSA) is 82.5 Å². The van der Waals surface area contributed by atoms with Gasteiger partial charge in [0.05, 0.1) is 5.56 Å². The number of carboxylic acid groups (broad SMARTS) is 1. The smallest absolute Gasteiger partial charge is 0.303 e. The summed E-state index contributed by atoms with van der Waals surface area (Å²) in [7, 11) is 0. The molecule has 0 radical (unpaired) electrons. The maximum Gasteiger partial charge on any atom is 0.303 e. The summed E-state index contributed by atoms with van der Waals surface area (Å²) < 4.78 is 0. The van der Waals surface area contributed by atoms with Crippen molar-refractivity contribution >= 4 is 23.4 Å². The molecule has 6 nitrogen and oxygen atoms in total. The number of nitrogens with zero attached hydrogens (tertiary/aromatic N) is 2. The fraction of sp³-hybridized carbons (Fsp3) is 0.350. The second kappa shape index (κ2) is 9.56. The Hall–Kier alpha value is -2.89. The number of hydrogen-bond acceptors (Lipinski definition) is 4. The lowest BCUT2D eigenvalue weighted by Gasteiger charge is -2.21. The zero-order chi connectivity index (χ0) is 18.9. The molecule has 0 atom stereocenters. The number of aliphatic carboxylic acids is 1. The molecular formula is C20H25N3O3. The average molecular weight is 355 g/mol. The first-order chi connectivity index (χ1) is 12.5. The van der Waals surface area contributed by atoms with Crippen LogP contribution in [0.1, 0.15) is 42.6 Å². The Bertz CT molecular complexity index is 744. The molecule has 1 amide bonds. The zero-order valence-corrected chi connectivity index (χ0v) is 15.2. The van der Waals surface area contributed by atoms with Crippen LogP contribution in [-0.2, 0) is 11.2 Å². The van der Waals surface area contributed by atoms with Crippen molar-refractivity contribution in [1.82, 2.24) is 4.98 Å². The van der Waals surface area contributed by atoms with Gasteiger partial charge >= 0.3 is 5.97 Å². The molecule has 0 aliphatic heterocycles. The van der Waals surface area contributed by atoms with Gasteiger partial charge < -0.3 is 15.3 Å². The number of anilines is 2. The minimum absolute atomic E-state index is 0.0640. The third-order valence-electron chi connectivity index (χ3n) is 4.02. The summed E-state index contributed by atoms with van der Waals surface area (Å²) in [6.07, 6.45) is 3.11. The number of nitrogens with one attached hydrogen (secondary N) is 1. The number of aryl methyl sites for hydroxylation is 1. The second-order valence-electron chi connectivity index (χ2n) is 6.03. The SMILES string of the molecule is CCCN(CC)c1ccc(C(=O)Nc2cccc(CCC(=O)O)c2)cn1. The summed E-state index contributed by atoms with van der Waals surface area (Å²) >= 11 is 0. The number of hydrogen-bond donors (Lipinski definition) is 2. The fourth-order valence-corrected chi connectivity index (χ4v) is 2.67. The van der Waals surface area contributed by atoms with E-state index < -0.39 is 5.97 Å². The summed E-state index contributed by atoms with van der Waals surface area (Å²) in [6, 6.07) is 10.9. The molecule has 2 N–H and O–H groups in total.